The number of carbonyl (C=O) groups excluding carboxylic acids is 1. The van der Waals surface area contributed by atoms with Crippen molar-refractivity contribution >= 4 is 29.0 Å². The van der Waals surface area contributed by atoms with Gasteiger partial charge in [-0.1, -0.05) is 27.7 Å². The lowest BCUT2D eigenvalue weighted by Gasteiger charge is -2.25. The van der Waals surface area contributed by atoms with Gasteiger partial charge in [0.15, 0.2) is 0 Å². The van der Waals surface area contributed by atoms with Crippen LogP contribution < -0.4 is 5.32 Å². The highest BCUT2D eigenvalue weighted by molar-refractivity contribution is 7.98. The molecule has 1 heterocycles. The first-order chi connectivity index (χ1) is 9.90. The maximum absolute atomic E-state index is 11.9. The number of amides is 1. The maximum atomic E-state index is 11.9. The number of thiazole rings is 1. The molecular formula is C16H28N2OS2. The molecule has 0 spiro atoms. The van der Waals surface area contributed by atoms with Crippen molar-refractivity contribution in [3.8, 4) is 0 Å². The molecule has 1 aromatic rings. The molecule has 120 valence electrons. The van der Waals surface area contributed by atoms with Crippen molar-refractivity contribution in [1.29, 1.82) is 0 Å². The third kappa shape index (κ3) is 7.32. The summed E-state index contributed by atoms with van der Waals surface area (Å²) < 4.78 is 0. The summed E-state index contributed by atoms with van der Waals surface area (Å²) >= 11 is 3.46. The molecule has 1 amide bonds. The molecule has 0 bridgehead atoms. The van der Waals surface area contributed by atoms with Gasteiger partial charge in [-0.25, -0.2) is 4.98 Å². The van der Waals surface area contributed by atoms with E-state index in [0.717, 1.165) is 28.8 Å². The molecule has 0 fully saturated rings. The van der Waals surface area contributed by atoms with E-state index < -0.39 is 0 Å². The number of nitrogens with zero attached hydrogens (tertiary/aromatic N) is 1. The predicted octanol–water partition coefficient (Wildman–Crippen LogP) is 4.12. The Labute approximate surface area is 137 Å². The van der Waals surface area contributed by atoms with Crippen LogP contribution in [-0.2, 0) is 10.5 Å². The predicted molar refractivity (Wildman–Crippen MR) is 93.8 cm³/mol. The van der Waals surface area contributed by atoms with Gasteiger partial charge in [0.1, 0.15) is 0 Å². The highest BCUT2D eigenvalue weighted by Crippen LogP contribution is 2.19. The zero-order valence-corrected chi connectivity index (χ0v) is 15.4. The van der Waals surface area contributed by atoms with E-state index >= 15 is 0 Å². The zero-order valence-electron chi connectivity index (χ0n) is 13.8. The second kappa shape index (κ2) is 9.46. The minimum Gasteiger partial charge on any atom is -0.356 e. The standard InChI is InChI=1S/C16H28N2OS2/c1-11(2)15(12(3)4)8-17-16(19)6-7-20-9-14-10-21-13(5)18-14/h10-12,15H,6-9H2,1-5H3,(H,17,19). The average molecular weight is 329 g/mol. The Balaban J connectivity index is 2.16. The van der Waals surface area contributed by atoms with E-state index in [1.54, 1.807) is 23.1 Å². The molecule has 1 rings (SSSR count). The number of hydrogen-bond acceptors (Lipinski definition) is 4. The number of aryl methyl sites for hydroxylation is 1. The smallest absolute Gasteiger partial charge is 0.220 e. The first kappa shape index (κ1) is 18.5. The Morgan fingerprint density at radius 2 is 2.00 bits per heavy atom. The molecule has 0 aliphatic rings. The summed E-state index contributed by atoms with van der Waals surface area (Å²) in [7, 11) is 0. The van der Waals surface area contributed by atoms with Gasteiger partial charge in [0, 0.05) is 29.9 Å². The molecule has 3 nitrogen and oxygen atoms in total. The van der Waals surface area contributed by atoms with Crippen LogP contribution in [-0.4, -0.2) is 23.2 Å². The summed E-state index contributed by atoms with van der Waals surface area (Å²) in [5.41, 5.74) is 1.13. The van der Waals surface area contributed by atoms with Crippen molar-refractivity contribution < 1.29 is 4.79 Å². The van der Waals surface area contributed by atoms with Gasteiger partial charge in [-0.2, -0.15) is 11.8 Å². The summed E-state index contributed by atoms with van der Waals surface area (Å²) in [5, 5.41) is 6.29. The third-order valence-corrected chi connectivity index (χ3v) is 5.45. The van der Waals surface area contributed by atoms with E-state index in [1.165, 1.54) is 0 Å². The van der Waals surface area contributed by atoms with E-state index in [1.807, 2.05) is 6.92 Å². The number of hydrogen-bond donors (Lipinski definition) is 1. The van der Waals surface area contributed by atoms with Gasteiger partial charge in [0.05, 0.1) is 10.7 Å². The van der Waals surface area contributed by atoms with Crippen molar-refractivity contribution in [2.75, 3.05) is 12.3 Å². The SMILES string of the molecule is Cc1nc(CSCCC(=O)NCC(C(C)C)C(C)C)cs1. The van der Waals surface area contributed by atoms with Crippen LogP contribution in [0, 0.1) is 24.7 Å². The summed E-state index contributed by atoms with van der Waals surface area (Å²) in [6, 6.07) is 0. The van der Waals surface area contributed by atoms with E-state index in [0.29, 0.717) is 24.2 Å². The van der Waals surface area contributed by atoms with Crippen LogP contribution in [0.4, 0.5) is 0 Å². The van der Waals surface area contributed by atoms with Crippen LogP contribution in [0.1, 0.15) is 44.8 Å². The quantitative estimate of drug-likeness (QED) is 0.693. The number of rotatable bonds is 9. The number of nitrogens with one attached hydrogen (secondary N) is 1. The largest absolute Gasteiger partial charge is 0.356 e. The van der Waals surface area contributed by atoms with Gasteiger partial charge in [0.25, 0.3) is 0 Å². The number of aromatic nitrogens is 1. The molecule has 5 heteroatoms. The number of carbonyl (C=O) groups is 1. The number of thioether (sulfide) groups is 1. The monoisotopic (exact) mass is 328 g/mol. The van der Waals surface area contributed by atoms with Gasteiger partial charge in [0.2, 0.25) is 5.91 Å². The third-order valence-electron chi connectivity index (χ3n) is 3.64. The summed E-state index contributed by atoms with van der Waals surface area (Å²) in [4.78, 5) is 16.3. The molecule has 0 saturated carbocycles. The van der Waals surface area contributed by atoms with Crippen molar-refractivity contribution in [3.63, 3.8) is 0 Å². The second-order valence-electron chi connectivity index (χ2n) is 6.12. The van der Waals surface area contributed by atoms with Crippen LogP contribution in [0.15, 0.2) is 5.38 Å². The first-order valence-corrected chi connectivity index (χ1v) is 9.69. The fourth-order valence-corrected chi connectivity index (χ4v) is 3.93. The molecule has 0 aromatic carbocycles. The average Bonchev–Trinajstić information content (AvgIpc) is 2.80. The van der Waals surface area contributed by atoms with E-state index in [2.05, 4.69) is 43.4 Å². The van der Waals surface area contributed by atoms with Crippen LogP contribution in [0.3, 0.4) is 0 Å². The Morgan fingerprint density at radius 3 is 2.52 bits per heavy atom. The molecule has 1 aromatic heterocycles. The van der Waals surface area contributed by atoms with Crippen LogP contribution in [0.25, 0.3) is 0 Å². The summed E-state index contributed by atoms with van der Waals surface area (Å²) in [6.45, 7) is 11.7. The van der Waals surface area contributed by atoms with E-state index in [9.17, 15) is 4.79 Å². The Bertz CT molecular complexity index is 422. The first-order valence-electron chi connectivity index (χ1n) is 7.65. The Kier molecular flexibility index (Phi) is 8.34. The van der Waals surface area contributed by atoms with Gasteiger partial charge in [-0.15, -0.1) is 11.3 Å². The molecular weight excluding hydrogens is 300 g/mol. The summed E-state index contributed by atoms with van der Waals surface area (Å²) in [5.74, 6) is 3.69. The molecule has 0 atom stereocenters. The van der Waals surface area contributed by atoms with Crippen molar-refractivity contribution in [2.45, 2.75) is 46.8 Å². The lowest BCUT2D eigenvalue weighted by Crippen LogP contribution is -2.34. The van der Waals surface area contributed by atoms with Crippen LogP contribution >= 0.6 is 23.1 Å². The molecule has 0 aliphatic carbocycles. The minimum absolute atomic E-state index is 0.170. The molecule has 0 saturated heterocycles. The highest BCUT2D eigenvalue weighted by Gasteiger charge is 2.17. The second-order valence-corrected chi connectivity index (χ2v) is 8.28. The normalized spacial score (nSPS) is 11.6. The van der Waals surface area contributed by atoms with E-state index in [-0.39, 0.29) is 5.91 Å². The van der Waals surface area contributed by atoms with Crippen LogP contribution in [0.2, 0.25) is 0 Å². The van der Waals surface area contributed by atoms with Crippen molar-refractivity contribution in [1.82, 2.24) is 10.3 Å². The fraction of sp³-hybridized carbons (Fsp3) is 0.750. The topological polar surface area (TPSA) is 42.0 Å². The highest BCUT2D eigenvalue weighted by atomic mass is 32.2. The lowest BCUT2D eigenvalue weighted by atomic mass is 9.85. The van der Waals surface area contributed by atoms with Crippen LogP contribution in [0.5, 0.6) is 0 Å². The van der Waals surface area contributed by atoms with E-state index in [4.69, 9.17) is 0 Å². The van der Waals surface area contributed by atoms with Gasteiger partial charge < -0.3 is 5.32 Å². The Hall–Kier alpha value is -0.550. The summed E-state index contributed by atoms with van der Waals surface area (Å²) in [6.07, 6.45) is 0.594. The zero-order chi connectivity index (χ0) is 15.8. The molecule has 0 aliphatic heterocycles. The van der Waals surface area contributed by atoms with Gasteiger partial charge in [-0.05, 0) is 24.7 Å². The lowest BCUT2D eigenvalue weighted by molar-refractivity contribution is -0.121. The Morgan fingerprint density at radius 1 is 1.33 bits per heavy atom. The molecule has 0 radical (unpaired) electrons. The fourth-order valence-electron chi connectivity index (χ4n) is 2.38. The minimum atomic E-state index is 0.170. The van der Waals surface area contributed by atoms with Crippen molar-refractivity contribution in [2.24, 2.45) is 17.8 Å². The molecule has 21 heavy (non-hydrogen) atoms. The van der Waals surface area contributed by atoms with Gasteiger partial charge in [-0.3, -0.25) is 4.79 Å². The molecule has 1 N–H and O–H groups in total. The molecule has 0 unspecified atom stereocenters. The maximum Gasteiger partial charge on any atom is 0.220 e. The van der Waals surface area contributed by atoms with Gasteiger partial charge >= 0.3 is 0 Å². The van der Waals surface area contributed by atoms with Crippen molar-refractivity contribution in [3.05, 3.63) is 16.1 Å².